The third-order valence-corrected chi connectivity index (χ3v) is 4.04. The van der Waals surface area contributed by atoms with Crippen LogP contribution in [0.2, 0.25) is 0 Å². The quantitative estimate of drug-likeness (QED) is 0.750. The average molecular weight is 324 g/mol. The Balaban J connectivity index is 3.14. The van der Waals surface area contributed by atoms with Crippen LogP contribution < -0.4 is 0 Å². The zero-order valence-electron chi connectivity index (χ0n) is 11.1. The van der Waals surface area contributed by atoms with Gasteiger partial charge >= 0.3 is 0 Å². The molecule has 1 aromatic rings. The van der Waals surface area contributed by atoms with E-state index in [4.69, 9.17) is 15.4 Å². The minimum absolute atomic E-state index is 0.281. The summed E-state index contributed by atoms with van der Waals surface area (Å²) in [4.78, 5) is 13.2. The number of methoxy groups -OCH3 is 1. The summed E-state index contributed by atoms with van der Waals surface area (Å²) in [7, 11) is 2.66. The molecule has 0 heterocycles. The SMILES string of the molecule is CCN(CCOC)C(=O)c1cc(S(=O)(=O)Cl)ccc1F. The molecule has 112 valence electrons. The predicted molar refractivity (Wildman–Crippen MR) is 72.9 cm³/mol. The summed E-state index contributed by atoms with van der Waals surface area (Å²) in [6.45, 7) is 2.66. The second kappa shape index (κ2) is 7.01. The second-order valence-corrected chi connectivity index (χ2v) is 6.52. The van der Waals surface area contributed by atoms with Gasteiger partial charge in [0.2, 0.25) is 0 Å². The predicted octanol–water partition coefficient (Wildman–Crippen LogP) is 1.86. The first-order valence-corrected chi connectivity index (χ1v) is 8.14. The van der Waals surface area contributed by atoms with E-state index < -0.39 is 20.8 Å². The number of amides is 1. The van der Waals surface area contributed by atoms with Gasteiger partial charge in [0.1, 0.15) is 5.82 Å². The van der Waals surface area contributed by atoms with Crippen molar-refractivity contribution in [3.63, 3.8) is 0 Å². The van der Waals surface area contributed by atoms with Crippen molar-refractivity contribution in [1.29, 1.82) is 0 Å². The third-order valence-electron chi connectivity index (χ3n) is 2.68. The van der Waals surface area contributed by atoms with E-state index in [1.807, 2.05) is 0 Å². The topological polar surface area (TPSA) is 63.7 Å². The number of carbonyl (C=O) groups is 1. The lowest BCUT2D eigenvalue weighted by atomic mass is 10.2. The Morgan fingerprint density at radius 3 is 2.60 bits per heavy atom. The number of benzene rings is 1. The molecule has 0 spiro atoms. The monoisotopic (exact) mass is 323 g/mol. The van der Waals surface area contributed by atoms with E-state index in [2.05, 4.69) is 0 Å². The maximum atomic E-state index is 13.7. The second-order valence-electron chi connectivity index (χ2n) is 3.96. The first-order valence-electron chi connectivity index (χ1n) is 5.83. The Hall–Kier alpha value is -1.18. The van der Waals surface area contributed by atoms with Crippen molar-refractivity contribution in [3.05, 3.63) is 29.6 Å². The largest absolute Gasteiger partial charge is 0.383 e. The van der Waals surface area contributed by atoms with E-state index in [1.54, 1.807) is 6.92 Å². The van der Waals surface area contributed by atoms with Crippen LogP contribution in [0.5, 0.6) is 0 Å². The molecule has 0 radical (unpaired) electrons. The molecule has 20 heavy (non-hydrogen) atoms. The Bertz CT molecular complexity index is 591. The molecule has 8 heteroatoms. The average Bonchev–Trinajstić information content (AvgIpc) is 2.38. The van der Waals surface area contributed by atoms with Crippen molar-refractivity contribution >= 4 is 25.6 Å². The zero-order valence-corrected chi connectivity index (χ0v) is 12.7. The molecule has 0 aliphatic rings. The van der Waals surface area contributed by atoms with Crippen molar-refractivity contribution in [2.45, 2.75) is 11.8 Å². The number of likely N-dealkylation sites (N-methyl/N-ethyl adjacent to an activating group) is 1. The van der Waals surface area contributed by atoms with Crippen LogP contribution in [0, 0.1) is 5.82 Å². The van der Waals surface area contributed by atoms with Crippen molar-refractivity contribution in [2.24, 2.45) is 0 Å². The lowest BCUT2D eigenvalue weighted by molar-refractivity contribution is 0.0701. The smallest absolute Gasteiger partial charge is 0.261 e. The van der Waals surface area contributed by atoms with Crippen molar-refractivity contribution in [3.8, 4) is 0 Å². The van der Waals surface area contributed by atoms with Gasteiger partial charge in [0.05, 0.1) is 17.1 Å². The fraction of sp³-hybridized carbons (Fsp3) is 0.417. The van der Waals surface area contributed by atoms with Gasteiger partial charge in [0, 0.05) is 30.9 Å². The first-order chi connectivity index (χ1) is 9.31. The van der Waals surface area contributed by atoms with Gasteiger partial charge < -0.3 is 9.64 Å². The molecule has 0 aliphatic carbocycles. The van der Waals surface area contributed by atoms with E-state index in [0.29, 0.717) is 13.2 Å². The number of carbonyl (C=O) groups excluding carboxylic acids is 1. The summed E-state index contributed by atoms with van der Waals surface area (Å²) >= 11 is 0. The summed E-state index contributed by atoms with van der Waals surface area (Å²) in [5, 5.41) is 0. The molecule has 0 fully saturated rings. The fourth-order valence-electron chi connectivity index (χ4n) is 1.60. The summed E-state index contributed by atoms with van der Waals surface area (Å²) in [6, 6.07) is 2.86. The summed E-state index contributed by atoms with van der Waals surface area (Å²) < 4.78 is 41.0. The van der Waals surface area contributed by atoms with Gasteiger partial charge in [-0.15, -0.1) is 0 Å². The van der Waals surface area contributed by atoms with Crippen molar-refractivity contribution in [1.82, 2.24) is 4.90 Å². The number of hydrogen-bond acceptors (Lipinski definition) is 4. The highest BCUT2D eigenvalue weighted by Crippen LogP contribution is 2.20. The molecule has 0 bridgehead atoms. The highest BCUT2D eigenvalue weighted by molar-refractivity contribution is 8.13. The minimum atomic E-state index is -4.01. The van der Waals surface area contributed by atoms with Crippen LogP contribution in [-0.4, -0.2) is 46.0 Å². The van der Waals surface area contributed by atoms with Crippen molar-refractivity contribution < 1.29 is 22.3 Å². The van der Waals surface area contributed by atoms with Crippen LogP contribution in [0.3, 0.4) is 0 Å². The van der Waals surface area contributed by atoms with Crippen LogP contribution in [-0.2, 0) is 13.8 Å². The number of nitrogens with zero attached hydrogens (tertiary/aromatic N) is 1. The summed E-state index contributed by atoms with van der Waals surface area (Å²) in [5.74, 6) is -1.40. The third kappa shape index (κ3) is 4.16. The first kappa shape index (κ1) is 16.9. The van der Waals surface area contributed by atoms with Crippen LogP contribution in [0.1, 0.15) is 17.3 Å². The van der Waals surface area contributed by atoms with Crippen LogP contribution in [0.15, 0.2) is 23.1 Å². The standard InChI is InChI=1S/C12H15ClFNO4S/c1-3-15(6-7-19-2)12(16)10-8-9(20(13,17)18)4-5-11(10)14/h4-5,8H,3,6-7H2,1-2H3. The Labute approximate surface area is 121 Å². The molecule has 0 atom stereocenters. The summed E-state index contributed by atoms with van der Waals surface area (Å²) in [5.41, 5.74) is -0.329. The minimum Gasteiger partial charge on any atom is -0.383 e. The maximum Gasteiger partial charge on any atom is 0.261 e. The van der Waals surface area contributed by atoms with Crippen molar-refractivity contribution in [2.75, 3.05) is 26.8 Å². The number of halogens is 2. The van der Waals surface area contributed by atoms with Gasteiger partial charge in [-0.25, -0.2) is 12.8 Å². The molecule has 0 saturated heterocycles. The Morgan fingerprint density at radius 2 is 2.10 bits per heavy atom. The van der Waals surface area contributed by atoms with Gasteiger partial charge in [-0.2, -0.15) is 0 Å². The molecule has 5 nitrogen and oxygen atoms in total. The van der Waals surface area contributed by atoms with Gasteiger partial charge in [0.25, 0.3) is 15.0 Å². The molecule has 0 unspecified atom stereocenters. The molecule has 1 aromatic carbocycles. The van der Waals surface area contributed by atoms with Crippen LogP contribution in [0.4, 0.5) is 4.39 Å². The van der Waals surface area contributed by atoms with Gasteiger partial charge in [-0.3, -0.25) is 4.79 Å². The van der Waals surface area contributed by atoms with E-state index >= 15 is 0 Å². The lowest BCUT2D eigenvalue weighted by Crippen LogP contribution is -2.34. The maximum absolute atomic E-state index is 13.7. The fourth-order valence-corrected chi connectivity index (χ4v) is 2.37. The molecule has 0 saturated carbocycles. The molecular weight excluding hydrogens is 309 g/mol. The normalized spacial score (nSPS) is 11.4. The lowest BCUT2D eigenvalue weighted by Gasteiger charge is -2.20. The number of hydrogen-bond donors (Lipinski definition) is 0. The number of rotatable bonds is 6. The van der Waals surface area contributed by atoms with E-state index in [9.17, 15) is 17.6 Å². The molecule has 0 N–H and O–H groups in total. The molecule has 1 amide bonds. The highest BCUT2D eigenvalue weighted by Gasteiger charge is 2.21. The van der Waals surface area contributed by atoms with Crippen LogP contribution in [0.25, 0.3) is 0 Å². The Kier molecular flexibility index (Phi) is 5.91. The molecular formula is C12H15ClFNO4S. The summed E-state index contributed by atoms with van der Waals surface area (Å²) in [6.07, 6.45) is 0. The van der Waals surface area contributed by atoms with E-state index in [-0.39, 0.29) is 17.0 Å². The van der Waals surface area contributed by atoms with Gasteiger partial charge in [-0.05, 0) is 25.1 Å². The van der Waals surface area contributed by atoms with Crippen LogP contribution >= 0.6 is 10.7 Å². The molecule has 1 rings (SSSR count). The highest BCUT2D eigenvalue weighted by atomic mass is 35.7. The number of ether oxygens (including phenoxy) is 1. The van der Waals surface area contributed by atoms with E-state index in [1.165, 1.54) is 12.0 Å². The zero-order chi connectivity index (χ0) is 15.3. The Morgan fingerprint density at radius 1 is 1.45 bits per heavy atom. The van der Waals surface area contributed by atoms with Gasteiger partial charge in [0.15, 0.2) is 0 Å². The van der Waals surface area contributed by atoms with Gasteiger partial charge in [-0.1, -0.05) is 0 Å². The molecule has 0 aromatic heterocycles. The van der Waals surface area contributed by atoms with E-state index in [0.717, 1.165) is 18.2 Å². The molecule has 0 aliphatic heterocycles.